The Hall–Kier alpha value is -2.26. The molecule has 0 fully saturated rings. The number of rotatable bonds is 2. The van der Waals surface area contributed by atoms with Crippen LogP contribution in [-0.2, 0) is 0 Å². The molecule has 0 aliphatic heterocycles. The molecule has 0 unspecified atom stereocenters. The summed E-state index contributed by atoms with van der Waals surface area (Å²) in [4.78, 5) is 12.4. The van der Waals surface area contributed by atoms with E-state index in [1.165, 1.54) is 4.68 Å². The number of halogens is 1. The van der Waals surface area contributed by atoms with E-state index in [1.807, 2.05) is 49.4 Å². The summed E-state index contributed by atoms with van der Waals surface area (Å²) in [5, 5.41) is 3.75. The highest BCUT2D eigenvalue weighted by atomic mass is 35.5. The standard InChI is InChI=1S/C16H13ClN2O/c1-11-15(12-6-3-2-4-7-12)18-19(16(11)20)14-9-5-8-13(17)10-14/h2-10,18H,1H3. The van der Waals surface area contributed by atoms with E-state index >= 15 is 0 Å². The lowest BCUT2D eigenvalue weighted by Crippen LogP contribution is -2.15. The highest BCUT2D eigenvalue weighted by molar-refractivity contribution is 6.30. The molecule has 0 saturated heterocycles. The second-order valence-corrected chi connectivity index (χ2v) is 5.03. The van der Waals surface area contributed by atoms with Crippen LogP contribution >= 0.6 is 11.6 Å². The first-order chi connectivity index (χ1) is 9.66. The molecule has 0 aliphatic rings. The largest absolute Gasteiger partial charge is 0.290 e. The van der Waals surface area contributed by atoms with Crippen molar-refractivity contribution in [1.29, 1.82) is 0 Å². The molecule has 20 heavy (non-hydrogen) atoms. The normalized spacial score (nSPS) is 10.7. The lowest BCUT2D eigenvalue weighted by molar-refractivity contribution is 0.851. The average Bonchev–Trinajstić information content (AvgIpc) is 2.76. The van der Waals surface area contributed by atoms with Gasteiger partial charge in [0.15, 0.2) is 0 Å². The maximum atomic E-state index is 12.4. The van der Waals surface area contributed by atoms with E-state index in [0.717, 1.165) is 16.9 Å². The molecule has 0 spiro atoms. The van der Waals surface area contributed by atoms with Crippen LogP contribution in [0, 0.1) is 6.92 Å². The summed E-state index contributed by atoms with van der Waals surface area (Å²) in [6.07, 6.45) is 0. The summed E-state index contributed by atoms with van der Waals surface area (Å²) < 4.78 is 1.52. The summed E-state index contributed by atoms with van der Waals surface area (Å²) in [6.45, 7) is 1.82. The van der Waals surface area contributed by atoms with Gasteiger partial charge in [0, 0.05) is 10.6 Å². The number of hydrogen-bond acceptors (Lipinski definition) is 1. The Morgan fingerprint density at radius 1 is 1.05 bits per heavy atom. The molecule has 1 N–H and O–H groups in total. The molecular formula is C16H13ClN2O. The van der Waals surface area contributed by atoms with Crippen molar-refractivity contribution < 1.29 is 0 Å². The van der Waals surface area contributed by atoms with Gasteiger partial charge in [-0.15, -0.1) is 0 Å². The molecule has 1 heterocycles. The van der Waals surface area contributed by atoms with Gasteiger partial charge in [-0.25, -0.2) is 4.68 Å². The minimum atomic E-state index is -0.0638. The topological polar surface area (TPSA) is 37.8 Å². The third-order valence-corrected chi connectivity index (χ3v) is 3.49. The van der Waals surface area contributed by atoms with Gasteiger partial charge in [-0.05, 0) is 30.7 Å². The van der Waals surface area contributed by atoms with Crippen LogP contribution in [0.1, 0.15) is 5.56 Å². The zero-order valence-corrected chi connectivity index (χ0v) is 11.7. The van der Waals surface area contributed by atoms with Crippen LogP contribution in [0.25, 0.3) is 16.9 Å². The number of benzene rings is 2. The fraction of sp³-hybridized carbons (Fsp3) is 0.0625. The first-order valence-electron chi connectivity index (χ1n) is 6.30. The van der Waals surface area contributed by atoms with E-state index in [2.05, 4.69) is 5.10 Å². The van der Waals surface area contributed by atoms with Crippen LogP contribution in [-0.4, -0.2) is 9.78 Å². The van der Waals surface area contributed by atoms with Gasteiger partial charge >= 0.3 is 0 Å². The lowest BCUT2D eigenvalue weighted by atomic mass is 10.1. The highest BCUT2D eigenvalue weighted by Crippen LogP contribution is 2.20. The number of aromatic nitrogens is 2. The third kappa shape index (κ3) is 2.17. The van der Waals surface area contributed by atoms with Crippen LogP contribution in [0.3, 0.4) is 0 Å². The first-order valence-corrected chi connectivity index (χ1v) is 6.67. The molecule has 0 aliphatic carbocycles. The fourth-order valence-electron chi connectivity index (χ4n) is 2.20. The Morgan fingerprint density at radius 2 is 1.80 bits per heavy atom. The Bertz CT molecular complexity index is 803. The van der Waals surface area contributed by atoms with Crippen LogP contribution in [0.15, 0.2) is 59.4 Å². The maximum absolute atomic E-state index is 12.4. The van der Waals surface area contributed by atoms with Crippen molar-refractivity contribution in [3.63, 3.8) is 0 Å². The second kappa shape index (κ2) is 5.02. The Kier molecular flexibility index (Phi) is 3.20. The predicted octanol–water partition coefficient (Wildman–Crippen LogP) is 3.79. The van der Waals surface area contributed by atoms with E-state index in [9.17, 15) is 4.79 Å². The van der Waals surface area contributed by atoms with Gasteiger partial charge in [0.1, 0.15) is 0 Å². The van der Waals surface area contributed by atoms with E-state index in [0.29, 0.717) is 10.6 Å². The Labute approximate surface area is 121 Å². The summed E-state index contributed by atoms with van der Waals surface area (Å²) in [7, 11) is 0. The van der Waals surface area contributed by atoms with E-state index in [4.69, 9.17) is 11.6 Å². The van der Waals surface area contributed by atoms with E-state index in [-0.39, 0.29) is 5.56 Å². The van der Waals surface area contributed by atoms with Crippen LogP contribution in [0.5, 0.6) is 0 Å². The van der Waals surface area contributed by atoms with Gasteiger partial charge in [0.05, 0.1) is 11.4 Å². The molecule has 0 bridgehead atoms. The molecule has 100 valence electrons. The van der Waals surface area contributed by atoms with Crippen molar-refractivity contribution in [2.45, 2.75) is 6.92 Å². The van der Waals surface area contributed by atoms with Gasteiger partial charge in [0.2, 0.25) is 0 Å². The average molecular weight is 285 g/mol. The predicted molar refractivity (Wildman–Crippen MR) is 81.6 cm³/mol. The van der Waals surface area contributed by atoms with Crippen molar-refractivity contribution in [1.82, 2.24) is 9.78 Å². The minimum absolute atomic E-state index is 0.0638. The minimum Gasteiger partial charge on any atom is -0.290 e. The van der Waals surface area contributed by atoms with Gasteiger partial charge in [-0.1, -0.05) is 48.0 Å². The number of nitrogens with one attached hydrogen (secondary N) is 1. The molecule has 0 atom stereocenters. The number of nitrogens with zero attached hydrogens (tertiary/aromatic N) is 1. The second-order valence-electron chi connectivity index (χ2n) is 4.60. The number of aromatic amines is 1. The summed E-state index contributed by atoms with van der Waals surface area (Å²) in [6, 6.07) is 17.0. The molecule has 0 radical (unpaired) electrons. The van der Waals surface area contributed by atoms with E-state index in [1.54, 1.807) is 12.1 Å². The molecular weight excluding hydrogens is 272 g/mol. The van der Waals surface area contributed by atoms with Crippen LogP contribution < -0.4 is 5.56 Å². The SMILES string of the molecule is Cc1c(-c2ccccc2)[nH]n(-c2cccc(Cl)c2)c1=O. The van der Waals surface area contributed by atoms with Gasteiger partial charge in [-0.3, -0.25) is 9.89 Å². The molecule has 1 aromatic heterocycles. The quantitative estimate of drug-likeness (QED) is 0.764. The zero-order chi connectivity index (χ0) is 14.1. The third-order valence-electron chi connectivity index (χ3n) is 3.25. The van der Waals surface area contributed by atoms with Gasteiger partial charge in [-0.2, -0.15) is 0 Å². The van der Waals surface area contributed by atoms with Gasteiger partial charge in [0.25, 0.3) is 5.56 Å². The van der Waals surface area contributed by atoms with Crippen LogP contribution in [0.4, 0.5) is 0 Å². The lowest BCUT2D eigenvalue weighted by Gasteiger charge is -2.02. The summed E-state index contributed by atoms with van der Waals surface area (Å²) in [5.74, 6) is 0. The van der Waals surface area contributed by atoms with Crippen molar-refractivity contribution >= 4 is 11.6 Å². The van der Waals surface area contributed by atoms with Crippen molar-refractivity contribution in [2.24, 2.45) is 0 Å². The maximum Gasteiger partial charge on any atom is 0.274 e. The molecule has 4 heteroatoms. The molecule has 2 aromatic carbocycles. The molecule has 0 amide bonds. The molecule has 3 rings (SSSR count). The van der Waals surface area contributed by atoms with Gasteiger partial charge < -0.3 is 0 Å². The Balaban J connectivity index is 2.18. The summed E-state index contributed by atoms with van der Waals surface area (Å²) >= 11 is 5.98. The fourth-order valence-corrected chi connectivity index (χ4v) is 2.39. The number of H-pyrrole nitrogens is 1. The van der Waals surface area contributed by atoms with Crippen LogP contribution in [0.2, 0.25) is 5.02 Å². The van der Waals surface area contributed by atoms with Crippen molar-refractivity contribution in [2.75, 3.05) is 0 Å². The molecule has 3 aromatic rings. The summed E-state index contributed by atoms with van der Waals surface area (Å²) in [5.41, 5.74) is 3.17. The van der Waals surface area contributed by atoms with Crippen molar-refractivity contribution in [3.05, 3.63) is 75.5 Å². The monoisotopic (exact) mass is 284 g/mol. The van der Waals surface area contributed by atoms with E-state index < -0.39 is 0 Å². The molecule has 0 saturated carbocycles. The number of hydrogen-bond donors (Lipinski definition) is 1. The molecule has 3 nitrogen and oxygen atoms in total. The Morgan fingerprint density at radius 3 is 2.50 bits per heavy atom. The highest BCUT2D eigenvalue weighted by Gasteiger charge is 2.12. The smallest absolute Gasteiger partial charge is 0.274 e. The van der Waals surface area contributed by atoms with Crippen molar-refractivity contribution in [3.8, 4) is 16.9 Å². The zero-order valence-electron chi connectivity index (χ0n) is 10.9. The first kappa shape index (κ1) is 12.8.